The lowest BCUT2D eigenvalue weighted by atomic mass is 10.3. The van der Waals surface area contributed by atoms with E-state index in [1.165, 1.54) is 19.4 Å². The second-order valence-electron chi connectivity index (χ2n) is 4.62. The Kier molecular flexibility index (Phi) is 4.69. The van der Waals surface area contributed by atoms with Gasteiger partial charge in [0, 0.05) is 13.1 Å². The number of hydrogen-bond donors (Lipinski definition) is 0. The van der Waals surface area contributed by atoms with E-state index in [0.29, 0.717) is 11.6 Å². The zero-order valence-corrected chi connectivity index (χ0v) is 11.1. The van der Waals surface area contributed by atoms with Crippen molar-refractivity contribution in [3.8, 4) is 5.75 Å². The van der Waals surface area contributed by atoms with Crippen LogP contribution in [0.25, 0.3) is 0 Å². The van der Waals surface area contributed by atoms with Gasteiger partial charge in [-0.1, -0.05) is 30.7 Å². The van der Waals surface area contributed by atoms with Gasteiger partial charge in [-0.05, 0) is 37.4 Å². The van der Waals surface area contributed by atoms with Gasteiger partial charge in [-0.3, -0.25) is 4.90 Å². The third-order valence-corrected chi connectivity index (χ3v) is 3.47. The summed E-state index contributed by atoms with van der Waals surface area (Å²) in [5.74, 6) is 1.73. The summed E-state index contributed by atoms with van der Waals surface area (Å²) in [5, 5.41) is 0.692. The molecular formula is C14H20ClNO. The molecule has 1 aromatic rings. The molecule has 94 valence electrons. The third kappa shape index (κ3) is 4.21. The standard InChI is InChI=1S/C14H20ClNO/c1-2-16(11-12-7-8-12)9-10-17-14-6-4-3-5-13(14)15/h3-6,12H,2,7-11H2,1H3. The Morgan fingerprint density at radius 1 is 1.35 bits per heavy atom. The van der Waals surface area contributed by atoms with E-state index >= 15 is 0 Å². The van der Waals surface area contributed by atoms with Gasteiger partial charge in [0.2, 0.25) is 0 Å². The van der Waals surface area contributed by atoms with Crippen LogP contribution in [0.15, 0.2) is 24.3 Å². The van der Waals surface area contributed by atoms with Gasteiger partial charge in [-0.15, -0.1) is 0 Å². The predicted molar refractivity (Wildman–Crippen MR) is 71.8 cm³/mol. The van der Waals surface area contributed by atoms with E-state index in [9.17, 15) is 0 Å². The van der Waals surface area contributed by atoms with Crippen molar-refractivity contribution in [2.24, 2.45) is 5.92 Å². The van der Waals surface area contributed by atoms with Crippen LogP contribution in [0.5, 0.6) is 5.75 Å². The number of nitrogens with zero attached hydrogens (tertiary/aromatic N) is 1. The summed E-state index contributed by atoms with van der Waals surface area (Å²) in [6, 6.07) is 7.64. The van der Waals surface area contributed by atoms with Gasteiger partial charge >= 0.3 is 0 Å². The van der Waals surface area contributed by atoms with Crippen LogP contribution >= 0.6 is 11.6 Å². The molecule has 1 aliphatic rings. The predicted octanol–water partition coefficient (Wildman–Crippen LogP) is 3.45. The lowest BCUT2D eigenvalue weighted by Crippen LogP contribution is -2.30. The van der Waals surface area contributed by atoms with Crippen LogP contribution in [0.1, 0.15) is 19.8 Å². The monoisotopic (exact) mass is 253 g/mol. The fourth-order valence-corrected chi connectivity index (χ4v) is 2.08. The molecule has 0 spiro atoms. The van der Waals surface area contributed by atoms with Crippen molar-refractivity contribution < 1.29 is 4.74 Å². The van der Waals surface area contributed by atoms with E-state index < -0.39 is 0 Å². The first-order valence-electron chi connectivity index (χ1n) is 6.39. The highest BCUT2D eigenvalue weighted by Gasteiger charge is 2.23. The SMILES string of the molecule is CCN(CCOc1ccccc1Cl)CC1CC1. The van der Waals surface area contributed by atoms with Crippen LogP contribution in [0, 0.1) is 5.92 Å². The Labute approximate surface area is 109 Å². The minimum Gasteiger partial charge on any atom is -0.491 e. The molecule has 2 rings (SSSR count). The molecule has 0 aliphatic heterocycles. The fraction of sp³-hybridized carbons (Fsp3) is 0.571. The average molecular weight is 254 g/mol. The van der Waals surface area contributed by atoms with Crippen LogP contribution in [-0.2, 0) is 0 Å². The molecule has 1 fully saturated rings. The molecule has 0 saturated heterocycles. The van der Waals surface area contributed by atoms with Gasteiger partial charge in [-0.2, -0.15) is 0 Å². The zero-order valence-electron chi connectivity index (χ0n) is 10.4. The lowest BCUT2D eigenvalue weighted by Gasteiger charge is -2.20. The minimum atomic E-state index is 0.692. The number of halogens is 1. The summed E-state index contributed by atoms with van der Waals surface area (Å²) in [6.45, 7) is 6.23. The summed E-state index contributed by atoms with van der Waals surface area (Å²) >= 11 is 6.03. The van der Waals surface area contributed by atoms with Crippen LogP contribution < -0.4 is 4.74 Å². The number of para-hydroxylation sites is 1. The van der Waals surface area contributed by atoms with Crippen molar-refractivity contribution in [1.29, 1.82) is 0 Å². The van der Waals surface area contributed by atoms with Crippen molar-refractivity contribution in [2.45, 2.75) is 19.8 Å². The molecule has 0 aromatic heterocycles. The smallest absolute Gasteiger partial charge is 0.137 e. The average Bonchev–Trinajstić information content (AvgIpc) is 3.14. The second kappa shape index (κ2) is 6.27. The third-order valence-electron chi connectivity index (χ3n) is 3.16. The first-order chi connectivity index (χ1) is 8.29. The molecule has 0 atom stereocenters. The van der Waals surface area contributed by atoms with Crippen LogP contribution in [0.4, 0.5) is 0 Å². The second-order valence-corrected chi connectivity index (χ2v) is 5.02. The number of ether oxygens (including phenoxy) is 1. The minimum absolute atomic E-state index is 0.692. The molecule has 1 aromatic carbocycles. The molecule has 0 amide bonds. The Morgan fingerprint density at radius 2 is 2.12 bits per heavy atom. The summed E-state index contributed by atoms with van der Waals surface area (Å²) in [7, 11) is 0. The van der Waals surface area contributed by atoms with Crippen molar-refractivity contribution in [3.63, 3.8) is 0 Å². The highest BCUT2D eigenvalue weighted by Crippen LogP contribution is 2.29. The highest BCUT2D eigenvalue weighted by atomic mass is 35.5. The van der Waals surface area contributed by atoms with Gasteiger partial charge in [-0.25, -0.2) is 0 Å². The molecule has 0 bridgehead atoms. The van der Waals surface area contributed by atoms with E-state index in [1.807, 2.05) is 24.3 Å². The molecular weight excluding hydrogens is 234 g/mol. The normalized spacial score (nSPS) is 15.2. The molecule has 0 radical (unpaired) electrons. The van der Waals surface area contributed by atoms with Gasteiger partial charge in [0.05, 0.1) is 5.02 Å². The molecule has 3 heteroatoms. The zero-order chi connectivity index (χ0) is 12.1. The summed E-state index contributed by atoms with van der Waals surface area (Å²) in [6.07, 6.45) is 2.81. The number of benzene rings is 1. The summed E-state index contributed by atoms with van der Waals surface area (Å²) in [5.41, 5.74) is 0. The van der Waals surface area contributed by atoms with Gasteiger partial charge < -0.3 is 4.74 Å². The van der Waals surface area contributed by atoms with E-state index in [1.54, 1.807) is 0 Å². The van der Waals surface area contributed by atoms with E-state index in [-0.39, 0.29) is 0 Å². The number of rotatable bonds is 7. The largest absolute Gasteiger partial charge is 0.491 e. The Morgan fingerprint density at radius 3 is 2.76 bits per heavy atom. The first-order valence-corrected chi connectivity index (χ1v) is 6.77. The van der Waals surface area contributed by atoms with Crippen LogP contribution in [0.3, 0.4) is 0 Å². The first kappa shape index (κ1) is 12.7. The Balaban J connectivity index is 1.72. The lowest BCUT2D eigenvalue weighted by molar-refractivity contribution is 0.210. The van der Waals surface area contributed by atoms with E-state index in [2.05, 4.69) is 11.8 Å². The quantitative estimate of drug-likeness (QED) is 0.738. The number of likely N-dealkylation sites (N-methyl/N-ethyl adjacent to an activating group) is 1. The summed E-state index contributed by atoms with van der Waals surface area (Å²) < 4.78 is 5.70. The molecule has 1 saturated carbocycles. The maximum atomic E-state index is 6.03. The number of hydrogen-bond acceptors (Lipinski definition) is 2. The highest BCUT2D eigenvalue weighted by molar-refractivity contribution is 6.32. The molecule has 0 N–H and O–H groups in total. The topological polar surface area (TPSA) is 12.5 Å². The molecule has 0 unspecified atom stereocenters. The van der Waals surface area contributed by atoms with E-state index in [0.717, 1.165) is 24.8 Å². The van der Waals surface area contributed by atoms with Gasteiger partial charge in [0.1, 0.15) is 12.4 Å². The van der Waals surface area contributed by atoms with E-state index in [4.69, 9.17) is 16.3 Å². The molecule has 2 nitrogen and oxygen atoms in total. The van der Waals surface area contributed by atoms with Crippen LogP contribution in [0.2, 0.25) is 5.02 Å². The Bertz CT molecular complexity index is 352. The van der Waals surface area contributed by atoms with Crippen molar-refractivity contribution >= 4 is 11.6 Å². The fourth-order valence-electron chi connectivity index (χ4n) is 1.89. The van der Waals surface area contributed by atoms with Crippen molar-refractivity contribution in [3.05, 3.63) is 29.3 Å². The summed E-state index contributed by atoms with van der Waals surface area (Å²) in [4.78, 5) is 2.45. The van der Waals surface area contributed by atoms with Crippen molar-refractivity contribution in [2.75, 3.05) is 26.2 Å². The molecule has 0 heterocycles. The van der Waals surface area contributed by atoms with Gasteiger partial charge in [0.15, 0.2) is 0 Å². The Hall–Kier alpha value is -0.730. The van der Waals surface area contributed by atoms with Crippen molar-refractivity contribution in [1.82, 2.24) is 4.90 Å². The van der Waals surface area contributed by atoms with Gasteiger partial charge in [0.25, 0.3) is 0 Å². The maximum Gasteiger partial charge on any atom is 0.137 e. The van der Waals surface area contributed by atoms with Crippen LogP contribution in [-0.4, -0.2) is 31.1 Å². The molecule has 17 heavy (non-hydrogen) atoms. The molecule has 1 aliphatic carbocycles. The maximum absolute atomic E-state index is 6.03.